The van der Waals surface area contributed by atoms with E-state index in [9.17, 15) is 4.79 Å². The molecule has 0 aliphatic rings. The largest absolute Gasteiger partial charge is 0.487 e. The zero-order chi connectivity index (χ0) is 21.3. The average molecular weight is 402 g/mol. The first-order chi connectivity index (χ1) is 14.3. The number of hydrogen-bond donors (Lipinski definition) is 1. The van der Waals surface area contributed by atoms with E-state index in [1.807, 2.05) is 36.4 Å². The molecule has 4 rings (SSSR count). The molecule has 0 saturated carbocycles. The summed E-state index contributed by atoms with van der Waals surface area (Å²) < 4.78 is 7.40. The first-order valence-corrected chi connectivity index (χ1v) is 10.2. The highest BCUT2D eigenvalue weighted by atomic mass is 16.5. The molecule has 154 valence electrons. The van der Waals surface area contributed by atoms with Crippen molar-refractivity contribution in [2.45, 2.75) is 46.1 Å². The lowest BCUT2D eigenvalue weighted by Gasteiger charge is -2.23. The van der Waals surface area contributed by atoms with E-state index < -0.39 is 0 Å². The first-order valence-electron chi connectivity index (χ1n) is 10.2. The lowest BCUT2D eigenvalue weighted by atomic mass is 9.85. The number of rotatable bonds is 5. The molecule has 6 heteroatoms. The van der Waals surface area contributed by atoms with Gasteiger partial charge in [-0.2, -0.15) is 9.50 Å². The van der Waals surface area contributed by atoms with Gasteiger partial charge in [0.2, 0.25) is 5.78 Å². The van der Waals surface area contributed by atoms with Gasteiger partial charge in [0.25, 0.3) is 5.56 Å². The Hall–Kier alpha value is -3.41. The number of aryl methyl sites for hydroxylation is 1. The van der Waals surface area contributed by atoms with Crippen molar-refractivity contribution >= 4 is 5.78 Å². The second-order valence-electron chi connectivity index (χ2n) is 8.39. The van der Waals surface area contributed by atoms with Crippen LogP contribution in [0.5, 0.6) is 5.75 Å². The molecule has 0 fully saturated rings. The van der Waals surface area contributed by atoms with Crippen LogP contribution in [0.4, 0.5) is 0 Å². The molecule has 0 radical (unpaired) electrons. The molecule has 0 aliphatic heterocycles. The normalized spacial score (nSPS) is 11.7. The zero-order valence-electron chi connectivity index (χ0n) is 17.8. The van der Waals surface area contributed by atoms with E-state index in [4.69, 9.17) is 4.74 Å². The molecule has 30 heavy (non-hydrogen) atoms. The van der Waals surface area contributed by atoms with Crippen LogP contribution in [0.1, 0.15) is 44.5 Å². The molecule has 0 aliphatic carbocycles. The topological polar surface area (TPSA) is 72.3 Å². The van der Waals surface area contributed by atoms with Crippen molar-refractivity contribution in [1.29, 1.82) is 0 Å². The monoisotopic (exact) mass is 402 g/mol. The van der Waals surface area contributed by atoms with Crippen LogP contribution in [0.2, 0.25) is 0 Å². The Labute approximate surface area is 175 Å². The Balaban J connectivity index is 1.63. The molecule has 0 spiro atoms. The summed E-state index contributed by atoms with van der Waals surface area (Å²) in [6, 6.07) is 17.4. The third-order valence-corrected chi connectivity index (χ3v) is 5.06. The molecular weight excluding hydrogens is 376 g/mol. The number of ether oxygens (including phenoxy) is 1. The second kappa shape index (κ2) is 7.78. The van der Waals surface area contributed by atoms with E-state index >= 15 is 0 Å². The molecule has 0 bridgehead atoms. The van der Waals surface area contributed by atoms with Crippen LogP contribution in [-0.4, -0.2) is 19.6 Å². The highest BCUT2D eigenvalue weighted by molar-refractivity contribution is 5.56. The van der Waals surface area contributed by atoms with Gasteiger partial charge in [0.05, 0.1) is 5.69 Å². The number of aromatic nitrogens is 4. The van der Waals surface area contributed by atoms with E-state index in [2.05, 4.69) is 54.9 Å². The summed E-state index contributed by atoms with van der Waals surface area (Å²) in [5.41, 5.74) is 3.65. The Morgan fingerprint density at radius 1 is 1.07 bits per heavy atom. The predicted octanol–water partition coefficient (Wildman–Crippen LogP) is 4.52. The number of H-pyrrole nitrogens is 1. The van der Waals surface area contributed by atoms with E-state index in [1.54, 1.807) is 0 Å². The summed E-state index contributed by atoms with van der Waals surface area (Å²) in [6.07, 6.45) is 0.976. The number of nitrogens with one attached hydrogen (secondary N) is 1. The Bertz CT molecular complexity index is 1230. The van der Waals surface area contributed by atoms with Crippen molar-refractivity contribution < 1.29 is 4.74 Å². The van der Waals surface area contributed by atoms with Gasteiger partial charge in [0.15, 0.2) is 5.82 Å². The highest BCUT2D eigenvalue weighted by Crippen LogP contribution is 2.32. The SMILES string of the molecule is CCc1ccc(OCc2cc(=O)n3nc(-c4ccccc4)nc3[nH]2)c(C(C)(C)C)c1. The third kappa shape index (κ3) is 3.99. The van der Waals surface area contributed by atoms with Crippen LogP contribution in [-0.2, 0) is 18.4 Å². The van der Waals surface area contributed by atoms with Gasteiger partial charge >= 0.3 is 0 Å². The summed E-state index contributed by atoms with van der Waals surface area (Å²) >= 11 is 0. The number of aromatic amines is 1. The highest BCUT2D eigenvalue weighted by Gasteiger charge is 2.20. The van der Waals surface area contributed by atoms with Crippen LogP contribution in [0.15, 0.2) is 59.4 Å². The maximum atomic E-state index is 12.6. The predicted molar refractivity (Wildman–Crippen MR) is 118 cm³/mol. The Kier molecular flexibility index (Phi) is 5.16. The molecule has 2 heterocycles. The lowest BCUT2D eigenvalue weighted by molar-refractivity contribution is 0.292. The minimum Gasteiger partial charge on any atom is -0.487 e. The van der Waals surface area contributed by atoms with Crippen molar-refractivity contribution in [2.24, 2.45) is 0 Å². The zero-order valence-corrected chi connectivity index (χ0v) is 17.8. The van der Waals surface area contributed by atoms with Gasteiger partial charge in [0, 0.05) is 11.6 Å². The molecule has 0 saturated heterocycles. The van der Waals surface area contributed by atoms with Gasteiger partial charge in [-0.25, -0.2) is 0 Å². The van der Waals surface area contributed by atoms with Crippen LogP contribution >= 0.6 is 0 Å². The van der Waals surface area contributed by atoms with Crippen molar-refractivity contribution in [2.75, 3.05) is 0 Å². The molecule has 4 aromatic rings. The average Bonchev–Trinajstić information content (AvgIpc) is 3.17. The molecule has 0 atom stereocenters. The van der Waals surface area contributed by atoms with Gasteiger partial charge in [-0.3, -0.25) is 4.79 Å². The summed E-state index contributed by atoms with van der Waals surface area (Å²) in [5.74, 6) is 1.73. The summed E-state index contributed by atoms with van der Waals surface area (Å²) in [5, 5.41) is 4.33. The smallest absolute Gasteiger partial charge is 0.276 e. The van der Waals surface area contributed by atoms with E-state index in [-0.39, 0.29) is 17.6 Å². The maximum Gasteiger partial charge on any atom is 0.276 e. The molecule has 2 aromatic heterocycles. The van der Waals surface area contributed by atoms with Gasteiger partial charge < -0.3 is 9.72 Å². The molecular formula is C24H26N4O2. The number of hydrogen-bond acceptors (Lipinski definition) is 4. The third-order valence-electron chi connectivity index (χ3n) is 5.06. The standard InChI is InChI=1S/C24H26N4O2/c1-5-16-11-12-20(19(13-16)24(2,3)4)30-15-18-14-21(29)28-23(25-18)26-22(27-28)17-9-7-6-8-10-17/h6-14H,5,15H2,1-4H3,(H,25,26,27). The summed E-state index contributed by atoms with van der Waals surface area (Å²) in [6.45, 7) is 8.90. The van der Waals surface area contributed by atoms with Gasteiger partial charge in [-0.1, -0.05) is 70.2 Å². The second-order valence-corrected chi connectivity index (χ2v) is 8.39. The van der Waals surface area contributed by atoms with E-state index in [0.29, 0.717) is 17.3 Å². The fourth-order valence-electron chi connectivity index (χ4n) is 3.39. The molecule has 6 nitrogen and oxygen atoms in total. The minimum absolute atomic E-state index is 0.0462. The quantitative estimate of drug-likeness (QED) is 0.533. The van der Waals surface area contributed by atoms with Crippen molar-refractivity contribution in [3.63, 3.8) is 0 Å². The minimum atomic E-state index is -0.241. The van der Waals surface area contributed by atoms with E-state index in [1.165, 1.54) is 16.1 Å². The van der Waals surface area contributed by atoms with Crippen LogP contribution in [0.25, 0.3) is 17.2 Å². The van der Waals surface area contributed by atoms with Crippen LogP contribution in [0.3, 0.4) is 0 Å². The van der Waals surface area contributed by atoms with Crippen molar-refractivity contribution in [1.82, 2.24) is 19.6 Å². The van der Waals surface area contributed by atoms with Crippen LogP contribution < -0.4 is 10.3 Å². The fourth-order valence-corrected chi connectivity index (χ4v) is 3.39. The summed E-state index contributed by atoms with van der Waals surface area (Å²) in [4.78, 5) is 20.2. The van der Waals surface area contributed by atoms with Crippen molar-refractivity contribution in [3.05, 3.63) is 81.8 Å². The summed E-state index contributed by atoms with van der Waals surface area (Å²) in [7, 11) is 0. The first kappa shape index (κ1) is 19.9. The number of fused-ring (bicyclic) bond motifs is 1. The van der Waals surface area contributed by atoms with Gasteiger partial charge in [-0.15, -0.1) is 5.10 Å². The number of benzene rings is 2. The molecule has 1 N–H and O–H groups in total. The Morgan fingerprint density at radius 3 is 2.53 bits per heavy atom. The lowest BCUT2D eigenvalue weighted by Crippen LogP contribution is -2.17. The van der Waals surface area contributed by atoms with E-state index in [0.717, 1.165) is 23.3 Å². The maximum absolute atomic E-state index is 12.6. The Morgan fingerprint density at radius 2 is 1.83 bits per heavy atom. The van der Waals surface area contributed by atoms with Crippen molar-refractivity contribution in [3.8, 4) is 17.1 Å². The molecule has 0 unspecified atom stereocenters. The van der Waals surface area contributed by atoms with Crippen LogP contribution in [0, 0.1) is 0 Å². The van der Waals surface area contributed by atoms with Gasteiger partial charge in [-0.05, 0) is 29.0 Å². The van der Waals surface area contributed by atoms with Gasteiger partial charge in [0.1, 0.15) is 12.4 Å². The fraction of sp³-hybridized carbons (Fsp3) is 0.292. The molecule has 0 amide bonds. The molecule has 2 aromatic carbocycles. The number of nitrogens with zero attached hydrogens (tertiary/aromatic N) is 3.